The predicted octanol–water partition coefficient (Wildman–Crippen LogP) is -4.45. The molecular formula is C43H64N10O19. The Morgan fingerprint density at radius 2 is 0.764 bits per heavy atom. The Labute approximate surface area is 412 Å². The first-order valence-corrected chi connectivity index (χ1v) is 22.5. The summed E-state index contributed by atoms with van der Waals surface area (Å²) in [5.74, 6) is -12.6. The summed E-state index contributed by atoms with van der Waals surface area (Å²) in [6.07, 6.45) is -3.02. The van der Waals surface area contributed by atoms with E-state index in [1.54, 1.807) is 14.7 Å². The van der Waals surface area contributed by atoms with Crippen molar-refractivity contribution in [2.45, 2.75) is 63.2 Å². The molecule has 1 aromatic carbocycles. The first-order valence-electron chi connectivity index (χ1n) is 22.5. The SMILES string of the molecule is CNC(=O)c1cc(CNC(=O)CN2CCN(CC(=O)NC(CCC(=O)O)C(=O)O)CCN(CC(=O)NC(CCC(=O)O)C(=O)O)CCN(CC(=O)NC(CCC(=O)O)C(=O)O)CC2)cc(C(=O)NC)c1OC. The highest BCUT2D eigenvalue weighted by atomic mass is 16.5. The fourth-order valence-corrected chi connectivity index (χ4v) is 7.19. The van der Waals surface area contributed by atoms with Gasteiger partial charge in [0.1, 0.15) is 23.9 Å². The van der Waals surface area contributed by atoms with Crippen LogP contribution >= 0.6 is 0 Å². The lowest BCUT2D eigenvalue weighted by Gasteiger charge is -2.34. The van der Waals surface area contributed by atoms with Gasteiger partial charge in [0.25, 0.3) is 11.8 Å². The van der Waals surface area contributed by atoms with Gasteiger partial charge in [0.15, 0.2) is 0 Å². The van der Waals surface area contributed by atoms with E-state index < -0.39 is 148 Å². The number of aliphatic carboxylic acids is 6. The maximum absolute atomic E-state index is 13.7. The monoisotopic (exact) mass is 1020 g/mol. The van der Waals surface area contributed by atoms with Crippen molar-refractivity contribution in [3.05, 3.63) is 28.8 Å². The number of carboxylic acids is 6. The Hall–Kier alpha value is -7.50. The largest absolute Gasteiger partial charge is 0.495 e. The molecule has 29 heteroatoms. The molecule has 1 aromatic rings. The third-order valence-electron chi connectivity index (χ3n) is 11.0. The van der Waals surface area contributed by atoms with Crippen molar-refractivity contribution < 1.29 is 92.9 Å². The molecule has 1 fully saturated rings. The number of hydrogen-bond acceptors (Lipinski definition) is 17. The van der Waals surface area contributed by atoms with E-state index in [1.165, 1.54) is 38.2 Å². The van der Waals surface area contributed by atoms with E-state index in [-0.39, 0.29) is 82.3 Å². The van der Waals surface area contributed by atoms with Gasteiger partial charge in [-0.1, -0.05) is 0 Å². The van der Waals surface area contributed by atoms with Crippen molar-refractivity contribution in [2.24, 2.45) is 0 Å². The van der Waals surface area contributed by atoms with Gasteiger partial charge in [-0.15, -0.1) is 0 Å². The molecule has 29 nitrogen and oxygen atoms in total. The fraction of sp³-hybridized carbons (Fsp3) is 0.581. The number of amides is 6. The highest BCUT2D eigenvalue weighted by Crippen LogP contribution is 2.26. The summed E-state index contributed by atoms with van der Waals surface area (Å²) < 4.78 is 5.36. The van der Waals surface area contributed by atoms with Gasteiger partial charge in [-0.2, -0.15) is 0 Å². The van der Waals surface area contributed by atoms with Crippen LogP contribution in [0.2, 0.25) is 0 Å². The topological polar surface area (TPSA) is 421 Å². The average molecular weight is 1030 g/mol. The number of rotatable bonds is 28. The molecule has 0 aliphatic carbocycles. The lowest BCUT2D eigenvalue weighted by Crippen LogP contribution is -2.53. The minimum atomic E-state index is -1.58. The highest BCUT2D eigenvalue weighted by Gasteiger charge is 2.28. The zero-order valence-electron chi connectivity index (χ0n) is 40.1. The Morgan fingerprint density at radius 3 is 1.00 bits per heavy atom. The highest BCUT2D eigenvalue weighted by molar-refractivity contribution is 6.04. The van der Waals surface area contributed by atoms with E-state index in [0.29, 0.717) is 5.56 Å². The lowest BCUT2D eigenvalue weighted by atomic mass is 10.0. The molecule has 72 heavy (non-hydrogen) atoms. The third kappa shape index (κ3) is 22.5. The van der Waals surface area contributed by atoms with Gasteiger partial charge in [-0.3, -0.25) is 62.8 Å². The number of carboxylic acid groups (broad SMARTS) is 6. The molecule has 0 spiro atoms. The van der Waals surface area contributed by atoms with Crippen LogP contribution in [0.5, 0.6) is 5.75 Å². The van der Waals surface area contributed by atoms with E-state index in [4.69, 9.17) is 20.1 Å². The molecular weight excluding hydrogens is 961 g/mol. The number of methoxy groups -OCH3 is 1. The van der Waals surface area contributed by atoms with Crippen LogP contribution in [-0.2, 0) is 54.5 Å². The summed E-state index contributed by atoms with van der Waals surface area (Å²) in [4.78, 5) is 155. The number of nitrogens with one attached hydrogen (secondary N) is 6. The van der Waals surface area contributed by atoms with Crippen molar-refractivity contribution in [1.82, 2.24) is 51.5 Å². The van der Waals surface area contributed by atoms with E-state index >= 15 is 0 Å². The predicted molar refractivity (Wildman–Crippen MR) is 247 cm³/mol. The summed E-state index contributed by atoms with van der Waals surface area (Å²) in [5, 5.41) is 70.9. The van der Waals surface area contributed by atoms with E-state index in [1.807, 2.05) is 0 Å². The first kappa shape index (κ1) is 60.6. The Bertz CT molecular complexity index is 2040. The van der Waals surface area contributed by atoms with Gasteiger partial charge in [-0.25, -0.2) is 14.4 Å². The zero-order valence-corrected chi connectivity index (χ0v) is 40.1. The minimum Gasteiger partial charge on any atom is -0.495 e. The van der Waals surface area contributed by atoms with Gasteiger partial charge < -0.3 is 67.3 Å². The van der Waals surface area contributed by atoms with Crippen LogP contribution in [0.25, 0.3) is 0 Å². The van der Waals surface area contributed by atoms with Gasteiger partial charge in [0.2, 0.25) is 23.6 Å². The van der Waals surface area contributed by atoms with Gasteiger partial charge in [0.05, 0.1) is 44.4 Å². The van der Waals surface area contributed by atoms with Gasteiger partial charge in [0, 0.05) is 92.3 Å². The van der Waals surface area contributed by atoms with E-state index in [2.05, 4.69) is 31.9 Å². The summed E-state index contributed by atoms with van der Waals surface area (Å²) >= 11 is 0. The second-order valence-corrected chi connectivity index (χ2v) is 16.4. The Balaban J connectivity index is 2.54. The van der Waals surface area contributed by atoms with Gasteiger partial charge >= 0.3 is 35.8 Å². The van der Waals surface area contributed by atoms with Crippen molar-refractivity contribution in [3.63, 3.8) is 0 Å². The molecule has 12 N–H and O–H groups in total. The van der Waals surface area contributed by atoms with E-state index in [0.717, 1.165) is 0 Å². The first-order chi connectivity index (χ1) is 34.0. The number of benzene rings is 1. The number of ether oxygens (including phenoxy) is 1. The smallest absolute Gasteiger partial charge is 0.326 e. The van der Waals surface area contributed by atoms with E-state index in [9.17, 15) is 72.9 Å². The molecule has 1 aliphatic rings. The van der Waals surface area contributed by atoms with Crippen LogP contribution in [-0.4, -0.2) is 239 Å². The molecule has 1 saturated heterocycles. The number of hydrogen-bond donors (Lipinski definition) is 12. The standard InChI is InChI=1S/C43H64N10O19/c1-44-39(64)26-18-25(19-27(38(26)72-3)40(65)45-2)20-46-31(54)21-50-10-12-51(22-32(55)47-28(41(66)67)4-7-35(58)59)14-16-53(24-34(57)49-30(43(70)71)6-9-37(62)63)17-15-52(13-11-50)23-33(56)48-29(42(68)69)5-8-36(60)61/h18-19,28-30H,4-17,20-24H2,1-3H3,(H,44,64)(H,45,65)(H,46,54)(H,47,55)(H,48,56)(H,49,57)(H,58,59)(H,60,61)(H,62,63)(H,66,67)(H,68,69)(H,70,71). The quantitative estimate of drug-likeness (QED) is 0.0377. The van der Waals surface area contributed by atoms with Crippen LogP contribution in [0.4, 0.5) is 0 Å². The molecule has 0 aromatic heterocycles. The summed E-state index contributed by atoms with van der Waals surface area (Å²) in [5.41, 5.74) is 0.357. The summed E-state index contributed by atoms with van der Waals surface area (Å²) in [6.45, 7) is -2.14. The van der Waals surface area contributed by atoms with Crippen LogP contribution in [0.15, 0.2) is 12.1 Å². The van der Waals surface area contributed by atoms with Crippen LogP contribution in [0.1, 0.15) is 64.8 Å². The zero-order chi connectivity index (χ0) is 54.1. The minimum absolute atomic E-state index is 0.00686. The van der Waals surface area contributed by atoms with Crippen LogP contribution < -0.4 is 36.6 Å². The second kappa shape index (κ2) is 31.0. The van der Waals surface area contributed by atoms with Crippen molar-refractivity contribution in [1.29, 1.82) is 0 Å². The molecule has 0 saturated carbocycles. The number of carbonyl (C=O) groups is 12. The van der Waals surface area contributed by atoms with Crippen molar-refractivity contribution in [3.8, 4) is 5.75 Å². The summed E-state index contributed by atoms with van der Waals surface area (Å²) in [6, 6.07) is -1.86. The summed E-state index contributed by atoms with van der Waals surface area (Å²) in [7, 11) is 4.03. The number of nitrogens with zero attached hydrogens (tertiary/aromatic N) is 4. The second-order valence-electron chi connectivity index (χ2n) is 16.4. The third-order valence-corrected chi connectivity index (χ3v) is 11.0. The maximum Gasteiger partial charge on any atom is 0.326 e. The molecule has 400 valence electrons. The van der Waals surface area contributed by atoms with Crippen molar-refractivity contribution >= 4 is 71.3 Å². The average Bonchev–Trinajstić information content (AvgIpc) is 3.31. The molecule has 2 rings (SSSR count). The molecule has 1 aliphatic heterocycles. The maximum atomic E-state index is 13.7. The lowest BCUT2D eigenvalue weighted by molar-refractivity contribution is -0.144. The molecule has 0 bridgehead atoms. The molecule has 3 unspecified atom stereocenters. The van der Waals surface area contributed by atoms with Crippen molar-refractivity contribution in [2.75, 3.05) is 99.7 Å². The molecule has 1 heterocycles. The normalized spacial score (nSPS) is 15.4. The van der Waals surface area contributed by atoms with Gasteiger partial charge in [-0.05, 0) is 37.0 Å². The Kier molecular flexibility index (Phi) is 26.1. The Morgan fingerprint density at radius 1 is 0.486 bits per heavy atom. The van der Waals surface area contributed by atoms with Crippen LogP contribution in [0, 0.1) is 0 Å². The van der Waals surface area contributed by atoms with Crippen LogP contribution in [0.3, 0.4) is 0 Å². The number of carbonyl (C=O) groups excluding carboxylic acids is 6. The molecule has 0 radical (unpaired) electrons. The molecule has 3 atom stereocenters. The fourth-order valence-electron chi connectivity index (χ4n) is 7.19. The molecule has 6 amide bonds.